The van der Waals surface area contributed by atoms with Crippen LogP contribution in [0.4, 0.5) is 0 Å². The monoisotopic (exact) mass is 268 g/mol. The summed E-state index contributed by atoms with van der Waals surface area (Å²) in [6.07, 6.45) is 8.06. The quantitative estimate of drug-likeness (QED) is 0.581. The van der Waals surface area contributed by atoms with Gasteiger partial charge in [0.25, 0.3) is 0 Å². The van der Waals surface area contributed by atoms with Crippen LogP contribution < -0.4 is 0 Å². The van der Waals surface area contributed by atoms with E-state index in [1.165, 1.54) is 0 Å². The Bertz CT molecular complexity index is 304. The van der Waals surface area contributed by atoms with Gasteiger partial charge >= 0.3 is 11.9 Å². The van der Waals surface area contributed by atoms with Crippen molar-refractivity contribution < 1.29 is 19.1 Å². The average Bonchev–Trinajstić information content (AvgIpc) is 3.01. The lowest BCUT2D eigenvalue weighted by Crippen LogP contribution is -2.39. The predicted octanol–water partition coefficient (Wildman–Crippen LogP) is 2.98. The van der Waals surface area contributed by atoms with Gasteiger partial charge < -0.3 is 9.47 Å². The topological polar surface area (TPSA) is 52.6 Å². The molecule has 19 heavy (non-hydrogen) atoms. The Morgan fingerprint density at radius 2 is 1.11 bits per heavy atom. The molecule has 0 bridgehead atoms. The molecule has 0 aromatic rings. The summed E-state index contributed by atoms with van der Waals surface area (Å²) in [5.41, 5.74) is -1.19. The van der Waals surface area contributed by atoms with Crippen LogP contribution in [0.2, 0.25) is 0 Å². The van der Waals surface area contributed by atoms with Gasteiger partial charge in [0, 0.05) is 0 Å². The highest BCUT2D eigenvalue weighted by Gasteiger charge is 2.42. The minimum atomic E-state index is -1.19. The van der Waals surface area contributed by atoms with Crippen LogP contribution in [0.25, 0.3) is 0 Å². The molecule has 2 rings (SSSR count). The summed E-state index contributed by atoms with van der Waals surface area (Å²) in [6.45, 7) is 3.20. The van der Waals surface area contributed by atoms with Crippen LogP contribution in [-0.4, -0.2) is 24.1 Å². The zero-order valence-electron chi connectivity index (χ0n) is 11.9. The molecule has 0 aliphatic heterocycles. The highest BCUT2D eigenvalue weighted by atomic mass is 16.6. The molecule has 4 heteroatoms. The number of carbonyl (C=O) groups excluding carboxylic acids is 2. The first-order valence-electron chi connectivity index (χ1n) is 7.42. The van der Waals surface area contributed by atoms with E-state index in [0.29, 0.717) is 0 Å². The fourth-order valence-electron chi connectivity index (χ4n) is 2.69. The molecule has 0 unspecified atom stereocenters. The van der Waals surface area contributed by atoms with Crippen LogP contribution in [0, 0.1) is 5.41 Å². The van der Waals surface area contributed by atoms with Crippen molar-refractivity contribution in [2.24, 2.45) is 5.41 Å². The SMILES string of the molecule is CC(C)(C(=O)OC1CCCC1)C(=O)OC1CCCC1. The van der Waals surface area contributed by atoms with Gasteiger partial charge in [0.2, 0.25) is 0 Å². The Kier molecular flexibility index (Phi) is 4.48. The molecule has 0 N–H and O–H groups in total. The van der Waals surface area contributed by atoms with E-state index in [4.69, 9.17) is 9.47 Å². The van der Waals surface area contributed by atoms with Gasteiger partial charge in [0.15, 0.2) is 5.41 Å². The van der Waals surface area contributed by atoms with Gasteiger partial charge in [-0.05, 0) is 65.2 Å². The van der Waals surface area contributed by atoms with E-state index in [1.807, 2.05) is 0 Å². The van der Waals surface area contributed by atoms with Gasteiger partial charge in [0.1, 0.15) is 12.2 Å². The molecule has 0 radical (unpaired) electrons. The molecule has 2 aliphatic carbocycles. The average molecular weight is 268 g/mol. The molecule has 0 aromatic carbocycles. The lowest BCUT2D eigenvalue weighted by molar-refractivity contribution is -0.175. The number of hydrogen-bond acceptors (Lipinski definition) is 4. The molecular formula is C15H24O4. The van der Waals surface area contributed by atoms with E-state index < -0.39 is 17.4 Å². The third-order valence-corrected chi connectivity index (χ3v) is 4.17. The highest BCUT2D eigenvalue weighted by Crippen LogP contribution is 2.29. The number of hydrogen-bond donors (Lipinski definition) is 0. The maximum absolute atomic E-state index is 12.1. The minimum Gasteiger partial charge on any atom is -0.462 e. The van der Waals surface area contributed by atoms with Crippen molar-refractivity contribution in [1.29, 1.82) is 0 Å². The molecule has 0 spiro atoms. The minimum absolute atomic E-state index is 0.00828. The third-order valence-electron chi connectivity index (χ3n) is 4.17. The zero-order chi connectivity index (χ0) is 13.9. The normalized spacial score (nSPS) is 21.6. The second-order valence-corrected chi connectivity index (χ2v) is 6.25. The molecule has 2 aliphatic rings. The van der Waals surface area contributed by atoms with Crippen LogP contribution in [0.5, 0.6) is 0 Å². The van der Waals surface area contributed by atoms with Crippen molar-refractivity contribution in [3.8, 4) is 0 Å². The van der Waals surface area contributed by atoms with Crippen LogP contribution in [0.1, 0.15) is 65.2 Å². The second-order valence-electron chi connectivity index (χ2n) is 6.25. The van der Waals surface area contributed by atoms with Crippen molar-refractivity contribution >= 4 is 11.9 Å². The highest BCUT2D eigenvalue weighted by molar-refractivity contribution is 5.99. The van der Waals surface area contributed by atoms with Crippen molar-refractivity contribution in [3.05, 3.63) is 0 Å². The van der Waals surface area contributed by atoms with E-state index >= 15 is 0 Å². The summed E-state index contributed by atoms with van der Waals surface area (Å²) >= 11 is 0. The van der Waals surface area contributed by atoms with Gasteiger partial charge in [-0.15, -0.1) is 0 Å². The molecule has 0 heterocycles. The maximum Gasteiger partial charge on any atom is 0.323 e. The van der Waals surface area contributed by atoms with E-state index in [1.54, 1.807) is 13.8 Å². The fourth-order valence-corrected chi connectivity index (χ4v) is 2.69. The summed E-state index contributed by atoms with van der Waals surface area (Å²) in [5, 5.41) is 0. The largest absolute Gasteiger partial charge is 0.462 e. The molecule has 0 aromatic heterocycles. The summed E-state index contributed by atoms with van der Waals surface area (Å²) in [7, 11) is 0. The van der Waals surface area contributed by atoms with Crippen LogP contribution in [0.15, 0.2) is 0 Å². The second kappa shape index (κ2) is 5.93. The van der Waals surface area contributed by atoms with Crippen molar-refractivity contribution in [1.82, 2.24) is 0 Å². The van der Waals surface area contributed by atoms with E-state index in [-0.39, 0.29) is 12.2 Å². The number of carbonyl (C=O) groups is 2. The molecular weight excluding hydrogens is 244 g/mol. The summed E-state index contributed by atoms with van der Waals surface area (Å²) in [6, 6.07) is 0. The van der Waals surface area contributed by atoms with Gasteiger partial charge in [-0.3, -0.25) is 9.59 Å². The van der Waals surface area contributed by atoms with Gasteiger partial charge in [-0.1, -0.05) is 0 Å². The van der Waals surface area contributed by atoms with Crippen LogP contribution >= 0.6 is 0 Å². The molecule has 2 fully saturated rings. The van der Waals surface area contributed by atoms with Crippen LogP contribution in [-0.2, 0) is 19.1 Å². The Balaban J connectivity index is 1.87. The first-order valence-corrected chi connectivity index (χ1v) is 7.42. The Morgan fingerprint density at radius 1 is 0.789 bits per heavy atom. The fraction of sp³-hybridized carbons (Fsp3) is 0.867. The summed E-state index contributed by atoms with van der Waals surface area (Å²) in [4.78, 5) is 24.2. The lowest BCUT2D eigenvalue weighted by atomic mass is 9.94. The molecule has 4 nitrogen and oxygen atoms in total. The molecule has 2 saturated carbocycles. The lowest BCUT2D eigenvalue weighted by Gasteiger charge is -2.24. The van der Waals surface area contributed by atoms with E-state index in [0.717, 1.165) is 51.4 Å². The van der Waals surface area contributed by atoms with Crippen molar-refractivity contribution in [2.45, 2.75) is 77.4 Å². The molecule has 108 valence electrons. The molecule has 0 amide bonds. The van der Waals surface area contributed by atoms with Crippen molar-refractivity contribution in [3.63, 3.8) is 0 Å². The maximum atomic E-state index is 12.1. The predicted molar refractivity (Wildman–Crippen MR) is 70.5 cm³/mol. The standard InChI is InChI=1S/C15H24O4/c1-15(2,13(16)18-11-7-3-4-8-11)14(17)19-12-9-5-6-10-12/h11-12H,3-10H2,1-2H3. The smallest absolute Gasteiger partial charge is 0.323 e. The molecule has 0 saturated heterocycles. The summed E-state index contributed by atoms with van der Waals surface area (Å²) in [5.74, 6) is -0.884. The van der Waals surface area contributed by atoms with Crippen molar-refractivity contribution in [2.75, 3.05) is 0 Å². The number of ether oxygens (including phenoxy) is 2. The Hall–Kier alpha value is -1.06. The van der Waals surface area contributed by atoms with E-state index in [2.05, 4.69) is 0 Å². The Labute approximate surface area is 114 Å². The van der Waals surface area contributed by atoms with Gasteiger partial charge in [0.05, 0.1) is 0 Å². The molecule has 0 atom stereocenters. The summed E-state index contributed by atoms with van der Waals surface area (Å²) < 4.78 is 10.8. The first-order chi connectivity index (χ1) is 9.00. The van der Waals surface area contributed by atoms with E-state index in [9.17, 15) is 9.59 Å². The number of esters is 2. The van der Waals surface area contributed by atoms with Gasteiger partial charge in [-0.25, -0.2) is 0 Å². The van der Waals surface area contributed by atoms with Crippen LogP contribution in [0.3, 0.4) is 0 Å². The number of rotatable bonds is 4. The zero-order valence-corrected chi connectivity index (χ0v) is 11.9. The van der Waals surface area contributed by atoms with Gasteiger partial charge in [-0.2, -0.15) is 0 Å². The third kappa shape index (κ3) is 3.48. The Morgan fingerprint density at radius 3 is 1.42 bits per heavy atom. The first kappa shape index (κ1) is 14.4.